The minimum absolute atomic E-state index is 0.423. The molecule has 0 amide bonds. The third-order valence-corrected chi connectivity index (χ3v) is 3.77. The van der Waals surface area contributed by atoms with Crippen molar-refractivity contribution in [2.75, 3.05) is 0 Å². The smallest absolute Gasteiger partial charge is 0.151 e. The number of hydrogen-bond donors (Lipinski definition) is 0. The highest BCUT2D eigenvalue weighted by atomic mass is 35.5. The maximum absolute atomic E-state index is 5.82. The second kappa shape index (κ2) is 7.86. The molecule has 23 heavy (non-hydrogen) atoms. The van der Waals surface area contributed by atoms with E-state index in [0.717, 1.165) is 25.3 Å². The normalized spacial score (nSPS) is 10.9. The summed E-state index contributed by atoms with van der Waals surface area (Å²) in [5, 5.41) is 8.54. The SMILES string of the molecule is Clc1ccc(CN(Cc2ccccc2)Cc2ccccc2)nn1. The lowest BCUT2D eigenvalue weighted by Gasteiger charge is -2.22. The van der Waals surface area contributed by atoms with Crippen LogP contribution in [0.2, 0.25) is 5.15 Å². The Morgan fingerprint density at radius 2 is 1.22 bits per heavy atom. The number of nitrogens with zero attached hydrogens (tertiary/aromatic N) is 3. The molecule has 2 aromatic carbocycles. The predicted octanol–water partition coefficient (Wildman–Crippen LogP) is 4.33. The molecule has 0 aliphatic carbocycles. The zero-order chi connectivity index (χ0) is 15.9. The molecule has 0 bridgehead atoms. The van der Waals surface area contributed by atoms with Crippen LogP contribution in [0.1, 0.15) is 16.8 Å². The molecule has 0 saturated heterocycles. The molecule has 0 fully saturated rings. The molecule has 3 rings (SSSR count). The maximum Gasteiger partial charge on any atom is 0.151 e. The van der Waals surface area contributed by atoms with Gasteiger partial charge in [0, 0.05) is 19.6 Å². The van der Waals surface area contributed by atoms with Gasteiger partial charge < -0.3 is 0 Å². The second-order valence-corrected chi connectivity index (χ2v) is 5.85. The Morgan fingerprint density at radius 1 is 0.652 bits per heavy atom. The van der Waals surface area contributed by atoms with E-state index in [0.29, 0.717) is 5.15 Å². The Kier molecular flexibility index (Phi) is 5.35. The highest BCUT2D eigenvalue weighted by Crippen LogP contribution is 2.13. The number of aromatic nitrogens is 2. The first-order chi connectivity index (χ1) is 11.3. The van der Waals surface area contributed by atoms with Gasteiger partial charge in [0.25, 0.3) is 0 Å². The highest BCUT2D eigenvalue weighted by Gasteiger charge is 2.09. The van der Waals surface area contributed by atoms with Crippen molar-refractivity contribution in [2.45, 2.75) is 19.6 Å². The highest BCUT2D eigenvalue weighted by molar-refractivity contribution is 6.29. The van der Waals surface area contributed by atoms with Crippen LogP contribution in [0.15, 0.2) is 72.8 Å². The van der Waals surface area contributed by atoms with Crippen molar-refractivity contribution in [3.8, 4) is 0 Å². The van der Waals surface area contributed by atoms with Crippen LogP contribution in [0.3, 0.4) is 0 Å². The molecule has 0 radical (unpaired) electrons. The van der Waals surface area contributed by atoms with Crippen molar-refractivity contribution >= 4 is 11.6 Å². The van der Waals surface area contributed by atoms with E-state index < -0.39 is 0 Å². The monoisotopic (exact) mass is 323 g/mol. The zero-order valence-corrected chi connectivity index (χ0v) is 13.5. The molecule has 3 aromatic rings. The summed E-state index contributed by atoms with van der Waals surface area (Å²) in [5.74, 6) is 0. The van der Waals surface area contributed by atoms with Crippen LogP contribution in [0.5, 0.6) is 0 Å². The Labute approximate surface area is 141 Å². The number of halogens is 1. The van der Waals surface area contributed by atoms with Crippen molar-refractivity contribution in [2.24, 2.45) is 0 Å². The lowest BCUT2D eigenvalue weighted by atomic mass is 10.1. The lowest BCUT2D eigenvalue weighted by molar-refractivity contribution is 0.244. The minimum Gasteiger partial charge on any atom is -0.289 e. The first-order valence-corrected chi connectivity index (χ1v) is 7.96. The molecule has 4 heteroatoms. The van der Waals surface area contributed by atoms with E-state index in [1.807, 2.05) is 18.2 Å². The van der Waals surface area contributed by atoms with Crippen LogP contribution >= 0.6 is 11.6 Å². The third-order valence-electron chi connectivity index (χ3n) is 3.57. The Morgan fingerprint density at radius 3 is 1.70 bits per heavy atom. The molecule has 0 aliphatic heterocycles. The average Bonchev–Trinajstić information content (AvgIpc) is 2.59. The summed E-state index contributed by atoms with van der Waals surface area (Å²) in [6.07, 6.45) is 0. The van der Waals surface area contributed by atoms with Gasteiger partial charge in [-0.05, 0) is 23.3 Å². The number of rotatable bonds is 6. The summed E-state index contributed by atoms with van der Waals surface area (Å²) in [7, 11) is 0. The molecule has 1 aromatic heterocycles. The third kappa shape index (κ3) is 4.88. The van der Waals surface area contributed by atoms with E-state index in [2.05, 4.69) is 63.6 Å². The van der Waals surface area contributed by atoms with Gasteiger partial charge in [-0.15, -0.1) is 5.10 Å². The van der Waals surface area contributed by atoms with Gasteiger partial charge in [0.05, 0.1) is 5.69 Å². The Balaban J connectivity index is 1.76. The standard InChI is InChI=1S/C19H18ClN3/c20-19-12-11-18(21-22-19)15-23(13-16-7-3-1-4-8-16)14-17-9-5-2-6-10-17/h1-12H,13-15H2. The number of benzene rings is 2. The summed E-state index contributed by atoms with van der Waals surface area (Å²) < 4.78 is 0. The van der Waals surface area contributed by atoms with Crippen LogP contribution in [0.25, 0.3) is 0 Å². The summed E-state index contributed by atoms with van der Waals surface area (Å²) in [5.41, 5.74) is 3.48. The fourth-order valence-electron chi connectivity index (χ4n) is 2.51. The average molecular weight is 324 g/mol. The number of hydrogen-bond acceptors (Lipinski definition) is 3. The van der Waals surface area contributed by atoms with E-state index in [-0.39, 0.29) is 0 Å². The van der Waals surface area contributed by atoms with Crippen LogP contribution in [0, 0.1) is 0 Å². The van der Waals surface area contributed by atoms with Crippen molar-refractivity contribution in [3.05, 3.63) is 94.8 Å². The van der Waals surface area contributed by atoms with Gasteiger partial charge >= 0.3 is 0 Å². The largest absolute Gasteiger partial charge is 0.289 e. The minimum atomic E-state index is 0.423. The Hall–Kier alpha value is -2.23. The van der Waals surface area contributed by atoms with E-state index in [4.69, 9.17) is 11.6 Å². The fourth-order valence-corrected chi connectivity index (χ4v) is 2.61. The van der Waals surface area contributed by atoms with Crippen LogP contribution in [-0.4, -0.2) is 15.1 Å². The van der Waals surface area contributed by atoms with Gasteiger partial charge in [-0.25, -0.2) is 0 Å². The predicted molar refractivity (Wildman–Crippen MR) is 92.9 cm³/mol. The van der Waals surface area contributed by atoms with Crippen molar-refractivity contribution in [3.63, 3.8) is 0 Å². The van der Waals surface area contributed by atoms with Gasteiger partial charge in [-0.1, -0.05) is 72.3 Å². The van der Waals surface area contributed by atoms with Gasteiger partial charge in [-0.3, -0.25) is 4.90 Å². The quantitative estimate of drug-likeness (QED) is 0.676. The van der Waals surface area contributed by atoms with Crippen LogP contribution in [-0.2, 0) is 19.6 Å². The van der Waals surface area contributed by atoms with E-state index in [1.165, 1.54) is 11.1 Å². The molecule has 3 nitrogen and oxygen atoms in total. The first-order valence-electron chi connectivity index (χ1n) is 7.58. The molecule has 0 atom stereocenters. The molecule has 0 saturated carbocycles. The molecular weight excluding hydrogens is 306 g/mol. The fraction of sp³-hybridized carbons (Fsp3) is 0.158. The molecule has 1 heterocycles. The summed E-state index contributed by atoms with van der Waals surface area (Å²) in [6, 6.07) is 24.6. The first kappa shape index (κ1) is 15.7. The summed E-state index contributed by atoms with van der Waals surface area (Å²) >= 11 is 5.82. The van der Waals surface area contributed by atoms with Gasteiger partial charge in [0.1, 0.15) is 0 Å². The van der Waals surface area contributed by atoms with Gasteiger partial charge in [0.15, 0.2) is 5.15 Å². The van der Waals surface area contributed by atoms with E-state index in [1.54, 1.807) is 6.07 Å². The topological polar surface area (TPSA) is 29.0 Å². The summed E-state index contributed by atoms with van der Waals surface area (Å²) in [4.78, 5) is 2.35. The van der Waals surface area contributed by atoms with Crippen LogP contribution in [0.4, 0.5) is 0 Å². The maximum atomic E-state index is 5.82. The molecule has 0 spiro atoms. The molecule has 0 N–H and O–H groups in total. The second-order valence-electron chi connectivity index (χ2n) is 5.46. The molecule has 0 unspecified atom stereocenters. The zero-order valence-electron chi connectivity index (χ0n) is 12.8. The van der Waals surface area contributed by atoms with Crippen molar-refractivity contribution in [1.82, 2.24) is 15.1 Å². The van der Waals surface area contributed by atoms with Gasteiger partial charge in [-0.2, -0.15) is 5.10 Å². The Bertz CT molecular complexity index is 673. The van der Waals surface area contributed by atoms with E-state index >= 15 is 0 Å². The van der Waals surface area contributed by atoms with E-state index in [9.17, 15) is 0 Å². The van der Waals surface area contributed by atoms with Crippen molar-refractivity contribution in [1.29, 1.82) is 0 Å². The summed E-state index contributed by atoms with van der Waals surface area (Å²) in [6.45, 7) is 2.45. The van der Waals surface area contributed by atoms with Crippen molar-refractivity contribution < 1.29 is 0 Å². The molecule has 116 valence electrons. The lowest BCUT2D eigenvalue weighted by Crippen LogP contribution is -2.23. The van der Waals surface area contributed by atoms with Gasteiger partial charge in [0.2, 0.25) is 0 Å². The molecule has 0 aliphatic rings. The molecular formula is C19H18ClN3. The van der Waals surface area contributed by atoms with Crippen LogP contribution < -0.4 is 0 Å².